The van der Waals surface area contributed by atoms with Gasteiger partial charge in [-0.15, -0.1) is 5.10 Å². The first-order chi connectivity index (χ1) is 10.3. The molecule has 0 saturated heterocycles. The van der Waals surface area contributed by atoms with Gasteiger partial charge in [-0.1, -0.05) is 23.4 Å². The molecule has 0 spiro atoms. The van der Waals surface area contributed by atoms with Crippen molar-refractivity contribution in [3.63, 3.8) is 0 Å². The Hall–Kier alpha value is -1.72. The van der Waals surface area contributed by atoms with Gasteiger partial charge >= 0.3 is 0 Å². The highest BCUT2D eigenvalue weighted by atomic mass is 16.5. The number of aromatic nitrogens is 3. The highest BCUT2D eigenvalue weighted by Crippen LogP contribution is 2.40. The van der Waals surface area contributed by atoms with Crippen LogP contribution in [0.3, 0.4) is 0 Å². The average molecular weight is 286 g/mol. The molecule has 112 valence electrons. The van der Waals surface area contributed by atoms with Gasteiger partial charge in [0.2, 0.25) is 0 Å². The van der Waals surface area contributed by atoms with E-state index in [1.165, 1.54) is 12.8 Å². The molecule has 21 heavy (non-hydrogen) atoms. The summed E-state index contributed by atoms with van der Waals surface area (Å²) >= 11 is 0. The van der Waals surface area contributed by atoms with Crippen LogP contribution in [-0.2, 0) is 4.74 Å². The van der Waals surface area contributed by atoms with Crippen molar-refractivity contribution in [3.8, 4) is 5.69 Å². The van der Waals surface area contributed by atoms with Crippen LogP contribution in [0.25, 0.3) is 5.69 Å². The summed E-state index contributed by atoms with van der Waals surface area (Å²) in [6, 6.07) is 10.2. The molecule has 0 aliphatic heterocycles. The number of likely N-dealkylation sites (N-methyl/N-ethyl adjacent to an activating group) is 1. The molecule has 2 aromatic rings. The Kier molecular flexibility index (Phi) is 4.31. The van der Waals surface area contributed by atoms with Crippen LogP contribution in [0.1, 0.15) is 31.5 Å². The van der Waals surface area contributed by atoms with E-state index in [4.69, 9.17) is 4.74 Å². The van der Waals surface area contributed by atoms with Crippen molar-refractivity contribution in [2.75, 3.05) is 13.7 Å². The molecule has 5 nitrogen and oxygen atoms in total. The van der Waals surface area contributed by atoms with Crippen LogP contribution in [0.2, 0.25) is 0 Å². The summed E-state index contributed by atoms with van der Waals surface area (Å²) in [4.78, 5) is 0. The first-order valence-electron chi connectivity index (χ1n) is 7.60. The minimum atomic E-state index is 0.104. The topological polar surface area (TPSA) is 52.0 Å². The van der Waals surface area contributed by atoms with E-state index in [0.29, 0.717) is 5.92 Å². The van der Waals surface area contributed by atoms with Gasteiger partial charge in [0.05, 0.1) is 29.7 Å². The lowest BCUT2D eigenvalue weighted by Gasteiger charge is -2.27. The maximum atomic E-state index is 6.00. The van der Waals surface area contributed by atoms with Crippen LogP contribution < -0.4 is 5.32 Å². The number of nitrogens with zero attached hydrogens (tertiary/aromatic N) is 3. The van der Waals surface area contributed by atoms with Crippen LogP contribution >= 0.6 is 0 Å². The molecule has 1 aliphatic rings. The summed E-state index contributed by atoms with van der Waals surface area (Å²) in [6.07, 6.45) is 4.51. The molecular weight excluding hydrogens is 264 g/mol. The molecule has 5 heteroatoms. The minimum Gasteiger partial charge on any atom is -0.376 e. The van der Waals surface area contributed by atoms with Crippen molar-refractivity contribution in [1.29, 1.82) is 0 Å². The second kappa shape index (κ2) is 6.37. The third-order valence-electron chi connectivity index (χ3n) is 3.98. The van der Waals surface area contributed by atoms with Gasteiger partial charge in [-0.25, -0.2) is 4.68 Å². The molecule has 2 atom stereocenters. The Labute approximate surface area is 125 Å². The molecule has 0 bridgehead atoms. The average Bonchev–Trinajstić information content (AvgIpc) is 3.26. The first kappa shape index (κ1) is 14.2. The van der Waals surface area contributed by atoms with Gasteiger partial charge in [-0.05, 0) is 44.9 Å². The standard InChI is InChI=1S/C16H22N4O/c1-3-21-16(12-9-10-12)15(17-2)14-11-18-19-20(14)13-7-5-4-6-8-13/h4-8,11-12,15-17H,3,9-10H2,1-2H3. The van der Waals surface area contributed by atoms with Gasteiger partial charge in [-0.3, -0.25) is 0 Å². The minimum absolute atomic E-state index is 0.104. The monoisotopic (exact) mass is 286 g/mol. The van der Waals surface area contributed by atoms with E-state index in [0.717, 1.165) is 18.0 Å². The fourth-order valence-electron chi connectivity index (χ4n) is 2.83. The molecule has 0 amide bonds. The number of para-hydroxylation sites is 1. The van der Waals surface area contributed by atoms with E-state index in [-0.39, 0.29) is 12.1 Å². The molecule has 1 aromatic heterocycles. The highest BCUT2D eigenvalue weighted by Gasteiger charge is 2.38. The van der Waals surface area contributed by atoms with Crippen molar-refractivity contribution in [2.45, 2.75) is 31.9 Å². The fourth-order valence-corrected chi connectivity index (χ4v) is 2.83. The van der Waals surface area contributed by atoms with E-state index < -0.39 is 0 Å². The fraction of sp³-hybridized carbons (Fsp3) is 0.500. The lowest BCUT2D eigenvalue weighted by Crippen LogP contribution is -2.35. The molecule has 1 aromatic carbocycles. The lowest BCUT2D eigenvalue weighted by molar-refractivity contribution is 0.0189. The number of hydrogen-bond acceptors (Lipinski definition) is 4. The molecular formula is C16H22N4O. The van der Waals surface area contributed by atoms with Gasteiger partial charge < -0.3 is 10.1 Å². The van der Waals surface area contributed by atoms with E-state index in [9.17, 15) is 0 Å². The van der Waals surface area contributed by atoms with Crippen LogP contribution in [0.5, 0.6) is 0 Å². The summed E-state index contributed by atoms with van der Waals surface area (Å²) in [5.74, 6) is 0.640. The van der Waals surface area contributed by atoms with Gasteiger partial charge in [0.1, 0.15) is 0 Å². The van der Waals surface area contributed by atoms with Gasteiger partial charge in [-0.2, -0.15) is 0 Å². The molecule has 1 heterocycles. The predicted octanol–water partition coefficient (Wildman–Crippen LogP) is 2.34. The molecule has 3 rings (SSSR count). The quantitative estimate of drug-likeness (QED) is 0.849. The SMILES string of the molecule is CCOC(C1CC1)C(NC)c1cnnn1-c1ccccc1. The molecule has 2 unspecified atom stereocenters. The summed E-state index contributed by atoms with van der Waals surface area (Å²) in [7, 11) is 1.97. The largest absolute Gasteiger partial charge is 0.376 e. The Morgan fingerprint density at radius 2 is 2.10 bits per heavy atom. The number of ether oxygens (including phenoxy) is 1. The zero-order chi connectivity index (χ0) is 14.7. The number of benzene rings is 1. The third kappa shape index (κ3) is 2.99. The predicted molar refractivity (Wildman–Crippen MR) is 81.3 cm³/mol. The van der Waals surface area contributed by atoms with Crippen LogP contribution in [-0.4, -0.2) is 34.8 Å². The normalized spacial score (nSPS) is 17.6. The van der Waals surface area contributed by atoms with E-state index >= 15 is 0 Å². The van der Waals surface area contributed by atoms with Crippen molar-refractivity contribution in [2.24, 2.45) is 5.92 Å². The molecule has 0 radical (unpaired) electrons. The molecule has 1 aliphatic carbocycles. The van der Waals surface area contributed by atoms with E-state index in [1.54, 1.807) is 0 Å². The van der Waals surface area contributed by atoms with Crippen molar-refractivity contribution >= 4 is 0 Å². The summed E-state index contributed by atoms with van der Waals surface area (Å²) in [5.41, 5.74) is 2.07. The first-order valence-corrected chi connectivity index (χ1v) is 7.60. The van der Waals surface area contributed by atoms with Crippen LogP contribution in [0, 0.1) is 5.92 Å². The van der Waals surface area contributed by atoms with E-state index in [2.05, 4.69) is 22.6 Å². The van der Waals surface area contributed by atoms with Crippen molar-refractivity contribution < 1.29 is 4.74 Å². The zero-order valence-electron chi connectivity index (χ0n) is 12.6. The molecule has 1 saturated carbocycles. The second-order valence-electron chi connectivity index (χ2n) is 5.43. The summed E-state index contributed by atoms with van der Waals surface area (Å²) in [6.45, 7) is 2.78. The van der Waals surface area contributed by atoms with Gasteiger partial charge in [0.25, 0.3) is 0 Å². The summed E-state index contributed by atoms with van der Waals surface area (Å²) in [5, 5.41) is 11.8. The Morgan fingerprint density at radius 1 is 1.33 bits per heavy atom. The zero-order valence-corrected chi connectivity index (χ0v) is 12.6. The van der Waals surface area contributed by atoms with Gasteiger partial charge in [0.15, 0.2) is 0 Å². The van der Waals surface area contributed by atoms with Crippen LogP contribution in [0.4, 0.5) is 0 Å². The Balaban J connectivity index is 1.92. The van der Waals surface area contributed by atoms with Crippen molar-refractivity contribution in [3.05, 3.63) is 42.2 Å². The Morgan fingerprint density at radius 3 is 2.71 bits per heavy atom. The van der Waals surface area contributed by atoms with Gasteiger partial charge in [0, 0.05) is 6.61 Å². The third-order valence-corrected chi connectivity index (χ3v) is 3.98. The summed E-state index contributed by atoms with van der Waals surface area (Å²) < 4.78 is 7.90. The maximum Gasteiger partial charge on any atom is 0.0841 e. The number of hydrogen-bond donors (Lipinski definition) is 1. The van der Waals surface area contributed by atoms with E-state index in [1.807, 2.05) is 48.3 Å². The van der Waals surface area contributed by atoms with Crippen molar-refractivity contribution in [1.82, 2.24) is 20.3 Å². The maximum absolute atomic E-state index is 6.00. The molecule has 1 N–H and O–H groups in total. The second-order valence-corrected chi connectivity index (χ2v) is 5.43. The lowest BCUT2D eigenvalue weighted by atomic mass is 10.0. The van der Waals surface area contributed by atoms with Crippen LogP contribution in [0.15, 0.2) is 36.5 Å². The smallest absolute Gasteiger partial charge is 0.0841 e. The number of rotatable bonds is 7. The molecule has 1 fully saturated rings. The Bertz CT molecular complexity index is 565. The number of nitrogens with one attached hydrogen (secondary N) is 1. The highest BCUT2D eigenvalue weighted by molar-refractivity contribution is 5.32.